The summed E-state index contributed by atoms with van der Waals surface area (Å²) in [5, 5.41) is 1.87. The molecule has 0 atom stereocenters. The lowest BCUT2D eigenvalue weighted by atomic mass is 10.2. The van der Waals surface area contributed by atoms with Crippen LogP contribution >= 0.6 is 11.8 Å². The van der Waals surface area contributed by atoms with Crippen molar-refractivity contribution in [3.05, 3.63) is 53.1 Å². The molecule has 0 N–H and O–H groups in total. The molecule has 24 heavy (non-hydrogen) atoms. The van der Waals surface area contributed by atoms with Gasteiger partial charge in [-0.3, -0.25) is 4.79 Å². The van der Waals surface area contributed by atoms with E-state index in [1.807, 2.05) is 51.1 Å². The molecular weight excluding hydrogens is 318 g/mol. The van der Waals surface area contributed by atoms with Gasteiger partial charge in [-0.15, -0.1) is 0 Å². The van der Waals surface area contributed by atoms with Gasteiger partial charge in [-0.25, -0.2) is 9.97 Å². The Balaban J connectivity index is 1.85. The van der Waals surface area contributed by atoms with Crippen LogP contribution in [0.15, 0.2) is 35.4 Å². The number of carbonyl (C=O) groups excluding carboxylic acids is 1. The molecule has 0 saturated carbocycles. The van der Waals surface area contributed by atoms with Gasteiger partial charge in [0.25, 0.3) is 0 Å². The maximum atomic E-state index is 12.7. The second-order valence-corrected chi connectivity index (χ2v) is 6.80. The van der Waals surface area contributed by atoms with E-state index < -0.39 is 0 Å². The number of hydrogen-bond acceptors (Lipinski definition) is 4. The lowest BCUT2D eigenvalue weighted by Gasteiger charge is -2.07. The number of aromatic nitrogens is 3. The number of fused-ring (bicyclic) bond motifs is 1. The summed E-state index contributed by atoms with van der Waals surface area (Å²) in [6.45, 7) is 8.92. The predicted octanol–water partition coefficient (Wildman–Crippen LogP) is 4.35. The van der Waals surface area contributed by atoms with Gasteiger partial charge in [0.2, 0.25) is 0 Å². The molecule has 3 rings (SSSR count). The third kappa shape index (κ3) is 3.08. The highest BCUT2D eigenvalue weighted by Gasteiger charge is 2.16. The molecule has 2 heterocycles. The van der Waals surface area contributed by atoms with Crippen LogP contribution in [0, 0.1) is 20.8 Å². The largest absolute Gasteiger partial charge is 0.349 e. The minimum atomic E-state index is 0.146. The summed E-state index contributed by atoms with van der Waals surface area (Å²) in [6, 6.07) is 9.91. The fraction of sp³-hybridized carbons (Fsp3) is 0.316. The zero-order valence-corrected chi connectivity index (χ0v) is 15.3. The number of Topliss-reactive ketones (excluding diaryl/α,β-unsaturated/α-hetero) is 1. The van der Waals surface area contributed by atoms with Crippen molar-refractivity contribution < 1.29 is 4.79 Å². The molecule has 0 radical (unpaired) electrons. The van der Waals surface area contributed by atoms with E-state index in [-0.39, 0.29) is 5.78 Å². The van der Waals surface area contributed by atoms with Crippen molar-refractivity contribution in [1.82, 2.24) is 14.5 Å². The molecule has 0 saturated heterocycles. The van der Waals surface area contributed by atoms with Crippen LogP contribution in [0.25, 0.3) is 10.9 Å². The highest BCUT2D eigenvalue weighted by Crippen LogP contribution is 2.26. The number of hydrogen-bond donors (Lipinski definition) is 0. The van der Waals surface area contributed by atoms with E-state index in [1.165, 1.54) is 11.8 Å². The third-order valence-corrected chi connectivity index (χ3v) is 5.20. The average molecular weight is 339 g/mol. The first-order chi connectivity index (χ1) is 11.5. The Bertz CT molecular complexity index is 914. The van der Waals surface area contributed by atoms with Gasteiger partial charge in [0, 0.05) is 28.9 Å². The Kier molecular flexibility index (Phi) is 4.71. The zero-order valence-electron chi connectivity index (χ0n) is 14.5. The lowest BCUT2D eigenvalue weighted by Crippen LogP contribution is -2.06. The molecule has 0 amide bonds. The van der Waals surface area contributed by atoms with E-state index >= 15 is 0 Å². The molecule has 0 aliphatic carbocycles. The van der Waals surface area contributed by atoms with Crippen molar-refractivity contribution in [3.63, 3.8) is 0 Å². The molecule has 0 bridgehead atoms. The van der Waals surface area contributed by atoms with Gasteiger partial charge < -0.3 is 4.57 Å². The molecule has 3 aromatic rings. The van der Waals surface area contributed by atoms with Crippen molar-refractivity contribution in [3.8, 4) is 0 Å². The molecule has 0 spiro atoms. The van der Waals surface area contributed by atoms with Gasteiger partial charge >= 0.3 is 0 Å². The molecule has 2 aromatic heterocycles. The highest BCUT2D eigenvalue weighted by atomic mass is 32.2. The first-order valence-electron chi connectivity index (χ1n) is 8.07. The normalized spacial score (nSPS) is 11.2. The predicted molar refractivity (Wildman–Crippen MR) is 98.9 cm³/mol. The second-order valence-electron chi connectivity index (χ2n) is 5.83. The minimum Gasteiger partial charge on any atom is -0.349 e. The molecule has 5 heteroatoms. The monoisotopic (exact) mass is 339 g/mol. The summed E-state index contributed by atoms with van der Waals surface area (Å²) in [5.41, 5.74) is 3.91. The number of rotatable bonds is 5. The first kappa shape index (κ1) is 16.7. The molecule has 1 aromatic carbocycles. The summed E-state index contributed by atoms with van der Waals surface area (Å²) < 4.78 is 2.17. The Morgan fingerprint density at radius 2 is 1.92 bits per heavy atom. The minimum absolute atomic E-state index is 0.146. The lowest BCUT2D eigenvalue weighted by molar-refractivity contribution is 0.102. The number of ketones is 1. The Morgan fingerprint density at radius 3 is 2.62 bits per heavy atom. The molecular formula is C19H21N3OS. The number of carbonyl (C=O) groups is 1. The van der Waals surface area contributed by atoms with Gasteiger partial charge in [-0.1, -0.05) is 30.0 Å². The van der Waals surface area contributed by atoms with Crippen LogP contribution in [0.3, 0.4) is 0 Å². The van der Waals surface area contributed by atoms with E-state index in [2.05, 4.69) is 21.5 Å². The number of thioether (sulfide) groups is 1. The van der Waals surface area contributed by atoms with E-state index in [9.17, 15) is 4.79 Å². The number of benzene rings is 1. The van der Waals surface area contributed by atoms with Crippen LogP contribution in [0.4, 0.5) is 0 Å². The van der Waals surface area contributed by atoms with E-state index in [4.69, 9.17) is 0 Å². The standard InChI is InChI=1S/C19H21N3OS/c1-5-22-12(2)10-16(13(22)3)18(23)11-24-19-15-8-6-7-9-17(15)20-14(4)21-19/h6-10H,5,11H2,1-4H3. The van der Waals surface area contributed by atoms with Crippen LogP contribution in [0.5, 0.6) is 0 Å². The zero-order chi connectivity index (χ0) is 17.3. The molecule has 4 nitrogen and oxygen atoms in total. The molecule has 124 valence electrons. The van der Waals surface area contributed by atoms with Crippen LogP contribution < -0.4 is 0 Å². The summed E-state index contributed by atoms with van der Waals surface area (Å²) in [6.07, 6.45) is 0. The van der Waals surface area contributed by atoms with Crippen molar-refractivity contribution in [1.29, 1.82) is 0 Å². The van der Waals surface area contributed by atoms with Crippen molar-refractivity contribution in [2.24, 2.45) is 0 Å². The summed E-state index contributed by atoms with van der Waals surface area (Å²) in [5.74, 6) is 1.26. The number of nitrogens with zero attached hydrogens (tertiary/aromatic N) is 3. The fourth-order valence-electron chi connectivity index (χ4n) is 3.05. The maximum absolute atomic E-state index is 12.7. The third-order valence-electron chi connectivity index (χ3n) is 4.21. The smallest absolute Gasteiger partial charge is 0.174 e. The van der Waals surface area contributed by atoms with Gasteiger partial charge in [-0.2, -0.15) is 0 Å². The van der Waals surface area contributed by atoms with E-state index in [0.29, 0.717) is 5.75 Å². The van der Waals surface area contributed by atoms with Crippen LogP contribution in [0.2, 0.25) is 0 Å². The van der Waals surface area contributed by atoms with Crippen molar-refractivity contribution in [2.45, 2.75) is 39.3 Å². The average Bonchev–Trinajstić information content (AvgIpc) is 2.86. The Labute approximate surface area is 146 Å². The Hall–Kier alpha value is -2.14. The van der Waals surface area contributed by atoms with Gasteiger partial charge in [0.05, 0.1) is 11.3 Å². The Morgan fingerprint density at radius 1 is 1.17 bits per heavy atom. The van der Waals surface area contributed by atoms with Gasteiger partial charge in [-0.05, 0) is 39.8 Å². The summed E-state index contributed by atoms with van der Waals surface area (Å²) >= 11 is 1.49. The second kappa shape index (κ2) is 6.77. The quantitative estimate of drug-likeness (QED) is 0.394. The van der Waals surface area contributed by atoms with Crippen molar-refractivity contribution >= 4 is 28.4 Å². The maximum Gasteiger partial charge on any atom is 0.174 e. The number of aryl methyl sites for hydroxylation is 2. The first-order valence-corrected chi connectivity index (χ1v) is 9.06. The SMILES string of the molecule is CCn1c(C)cc(C(=O)CSc2nc(C)nc3ccccc23)c1C. The summed E-state index contributed by atoms with van der Waals surface area (Å²) in [7, 11) is 0. The van der Waals surface area contributed by atoms with Crippen LogP contribution in [0.1, 0.15) is 34.5 Å². The molecule has 0 aliphatic rings. The van der Waals surface area contributed by atoms with Crippen LogP contribution in [-0.4, -0.2) is 26.1 Å². The van der Waals surface area contributed by atoms with E-state index in [1.54, 1.807) is 0 Å². The molecule has 0 aliphatic heterocycles. The van der Waals surface area contributed by atoms with Gasteiger partial charge in [0.15, 0.2) is 5.78 Å². The fourth-order valence-corrected chi connectivity index (χ4v) is 4.00. The summed E-state index contributed by atoms with van der Waals surface area (Å²) in [4.78, 5) is 21.6. The highest BCUT2D eigenvalue weighted by molar-refractivity contribution is 8.00. The number of para-hydroxylation sites is 1. The topological polar surface area (TPSA) is 47.8 Å². The molecule has 0 unspecified atom stereocenters. The van der Waals surface area contributed by atoms with E-state index in [0.717, 1.165) is 45.2 Å². The van der Waals surface area contributed by atoms with Gasteiger partial charge in [0.1, 0.15) is 10.9 Å². The van der Waals surface area contributed by atoms with Crippen molar-refractivity contribution in [2.75, 3.05) is 5.75 Å². The molecule has 0 fully saturated rings. The van der Waals surface area contributed by atoms with Crippen LogP contribution in [-0.2, 0) is 6.54 Å².